The summed E-state index contributed by atoms with van der Waals surface area (Å²) in [5.41, 5.74) is 5.21. The van der Waals surface area contributed by atoms with E-state index in [9.17, 15) is 14.7 Å². The van der Waals surface area contributed by atoms with Gasteiger partial charge in [-0.05, 0) is 25.0 Å². The van der Waals surface area contributed by atoms with Crippen LogP contribution in [0.2, 0.25) is 0 Å². The normalized spacial score (nSPS) is 23.1. The van der Waals surface area contributed by atoms with Crippen molar-refractivity contribution >= 4 is 11.7 Å². The minimum absolute atomic E-state index is 0.303. The highest BCUT2D eigenvalue weighted by Gasteiger charge is 2.51. The third-order valence-corrected chi connectivity index (χ3v) is 3.74. The molecular weight excluding hydrogens is 260 g/mol. The number of benzene rings is 1. The van der Waals surface area contributed by atoms with Gasteiger partial charge in [0.15, 0.2) is 6.10 Å². The third kappa shape index (κ3) is 2.28. The molecule has 2 aliphatic rings. The topological polar surface area (TPSA) is 102 Å². The maximum Gasteiger partial charge on any atom is 0.248 e. The zero-order valence-electron chi connectivity index (χ0n) is 10.9. The van der Waals surface area contributed by atoms with Crippen LogP contribution in [0.5, 0.6) is 5.75 Å². The lowest BCUT2D eigenvalue weighted by Gasteiger charge is -2.19. The molecule has 1 aromatic carbocycles. The van der Waals surface area contributed by atoms with Gasteiger partial charge in [0, 0.05) is 24.2 Å². The summed E-state index contributed by atoms with van der Waals surface area (Å²) in [6.45, 7) is 0.873. The number of fused-ring (bicyclic) bond motifs is 1. The number of ether oxygens (including phenoxy) is 1. The summed E-state index contributed by atoms with van der Waals surface area (Å²) in [7, 11) is 0. The number of Topliss-reactive ketones (excluding diaryl/α,β-unsaturated/α-hetero) is 1. The average molecular weight is 276 g/mol. The Morgan fingerprint density at radius 2 is 2.15 bits per heavy atom. The fourth-order valence-electron chi connectivity index (χ4n) is 2.31. The maximum atomic E-state index is 12.2. The molecule has 1 unspecified atom stereocenters. The summed E-state index contributed by atoms with van der Waals surface area (Å²) in [5, 5.41) is 13.0. The van der Waals surface area contributed by atoms with Crippen molar-refractivity contribution < 1.29 is 19.4 Å². The van der Waals surface area contributed by atoms with Crippen LogP contribution < -0.4 is 15.8 Å². The molecule has 1 heterocycles. The second kappa shape index (κ2) is 4.57. The van der Waals surface area contributed by atoms with Crippen LogP contribution in [0, 0.1) is 0 Å². The van der Waals surface area contributed by atoms with Crippen molar-refractivity contribution in [2.45, 2.75) is 31.1 Å². The van der Waals surface area contributed by atoms with E-state index in [-0.39, 0.29) is 5.78 Å². The smallest absolute Gasteiger partial charge is 0.248 e. The van der Waals surface area contributed by atoms with Gasteiger partial charge in [0.05, 0.1) is 0 Å². The van der Waals surface area contributed by atoms with Gasteiger partial charge in [0.1, 0.15) is 11.4 Å². The third-order valence-electron chi connectivity index (χ3n) is 3.74. The van der Waals surface area contributed by atoms with Gasteiger partial charge in [0.25, 0.3) is 0 Å². The van der Waals surface area contributed by atoms with Crippen molar-refractivity contribution in [2.24, 2.45) is 5.73 Å². The van der Waals surface area contributed by atoms with Gasteiger partial charge in [-0.3, -0.25) is 9.59 Å². The summed E-state index contributed by atoms with van der Waals surface area (Å²) in [5.74, 6) is -0.381. The second-order valence-electron chi connectivity index (χ2n) is 5.32. The Hall–Kier alpha value is -1.92. The molecule has 106 valence electrons. The summed E-state index contributed by atoms with van der Waals surface area (Å²) in [6, 6.07) is 4.92. The number of nitrogens with one attached hydrogen (secondary N) is 1. The summed E-state index contributed by atoms with van der Waals surface area (Å²) in [6.07, 6.45) is 0.228. The largest absolute Gasteiger partial charge is 0.481 e. The molecule has 0 spiro atoms. The molecule has 1 saturated carbocycles. The fraction of sp³-hybridized carbons (Fsp3) is 0.429. The average Bonchev–Trinajstić information content (AvgIpc) is 3.19. The zero-order chi connectivity index (χ0) is 14.3. The van der Waals surface area contributed by atoms with Gasteiger partial charge in [-0.15, -0.1) is 0 Å². The fourth-order valence-corrected chi connectivity index (χ4v) is 2.31. The van der Waals surface area contributed by atoms with Crippen LogP contribution in [0.1, 0.15) is 28.8 Å². The highest BCUT2D eigenvalue weighted by atomic mass is 16.5. The minimum Gasteiger partial charge on any atom is -0.481 e. The van der Waals surface area contributed by atoms with Crippen molar-refractivity contribution in [3.63, 3.8) is 0 Å². The number of carbonyl (C=O) groups excluding carboxylic acids is 2. The van der Waals surface area contributed by atoms with Crippen molar-refractivity contribution in [3.05, 3.63) is 29.3 Å². The monoisotopic (exact) mass is 276 g/mol. The summed E-state index contributed by atoms with van der Waals surface area (Å²) < 4.78 is 5.70. The highest BCUT2D eigenvalue weighted by molar-refractivity contribution is 5.95. The number of hydrogen-bond donors (Lipinski definition) is 3. The van der Waals surface area contributed by atoms with Gasteiger partial charge in [-0.2, -0.15) is 0 Å². The Morgan fingerprint density at radius 3 is 2.80 bits per heavy atom. The first kappa shape index (κ1) is 13.1. The van der Waals surface area contributed by atoms with Crippen LogP contribution in [0.15, 0.2) is 18.2 Å². The SMILES string of the molecule is NC(=O)c1ccc2c(c1)OC(C(=O)C1(O)CC1)CNC2. The molecule has 1 aliphatic heterocycles. The first-order chi connectivity index (χ1) is 9.49. The number of ketones is 1. The van der Waals surface area contributed by atoms with Crippen molar-refractivity contribution in [3.8, 4) is 5.75 Å². The van der Waals surface area contributed by atoms with E-state index in [0.717, 1.165) is 5.56 Å². The molecule has 0 aromatic heterocycles. The van der Waals surface area contributed by atoms with E-state index < -0.39 is 17.6 Å². The molecule has 3 rings (SSSR count). The van der Waals surface area contributed by atoms with Crippen LogP contribution in [0.25, 0.3) is 0 Å². The number of carbonyl (C=O) groups is 2. The number of nitrogens with two attached hydrogens (primary N) is 1. The molecule has 1 fully saturated rings. The number of amides is 1. The predicted molar refractivity (Wildman–Crippen MR) is 70.3 cm³/mol. The van der Waals surface area contributed by atoms with Crippen molar-refractivity contribution in [2.75, 3.05) is 6.54 Å². The first-order valence-corrected chi connectivity index (χ1v) is 6.56. The van der Waals surface area contributed by atoms with Crippen LogP contribution in [-0.4, -0.2) is 35.0 Å². The molecule has 1 aromatic rings. The quantitative estimate of drug-likeness (QED) is 0.705. The van der Waals surface area contributed by atoms with Gasteiger partial charge in [-0.1, -0.05) is 6.07 Å². The summed E-state index contributed by atoms with van der Waals surface area (Å²) in [4.78, 5) is 23.4. The van der Waals surface area contributed by atoms with Crippen molar-refractivity contribution in [1.82, 2.24) is 5.32 Å². The minimum atomic E-state index is -1.22. The highest BCUT2D eigenvalue weighted by Crippen LogP contribution is 2.38. The Bertz CT molecular complexity index is 581. The number of rotatable bonds is 3. The first-order valence-electron chi connectivity index (χ1n) is 6.56. The predicted octanol–water partition coefficient (Wildman–Crippen LogP) is -0.270. The Morgan fingerprint density at radius 1 is 1.40 bits per heavy atom. The second-order valence-corrected chi connectivity index (χ2v) is 5.32. The molecule has 6 heteroatoms. The molecule has 0 bridgehead atoms. The van der Waals surface area contributed by atoms with E-state index in [2.05, 4.69) is 5.32 Å². The molecule has 4 N–H and O–H groups in total. The van der Waals surface area contributed by atoms with E-state index in [1.165, 1.54) is 0 Å². The van der Waals surface area contributed by atoms with E-state index in [4.69, 9.17) is 10.5 Å². The lowest BCUT2D eigenvalue weighted by molar-refractivity contribution is -0.136. The van der Waals surface area contributed by atoms with Crippen LogP contribution >= 0.6 is 0 Å². The van der Waals surface area contributed by atoms with Crippen molar-refractivity contribution in [1.29, 1.82) is 0 Å². The molecule has 0 radical (unpaired) electrons. The number of primary amides is 1. The van der Waals surface area contributed by atoms with Gasteiger partial charge in [-0.25, -0.2) is 0 Å². The summed E-state index contributed by atoms with van der Waals surface area (Å²) >= 11 is 0. The van der Waals surface area contributed by atoms with Crippen LogP contribution in [0.3, 0.4) is 0 Å². The van der Waals surface area contributed by atoms with E-state index in [1.807, 2.05) is 0 Å². The Kier molecular flexibility index (Phi) is 2.99. The van der Waals surface area contributed by atoms with Gasteiger partial charge < -0.3 is 20.9 Å². The maximum absolute atomic E-state index is 12.2. The molecule has 20 heavy (non-hydrogen) atoms. The van der Waals surface area contributed by atoms with Crippen LogP contribution in [0.4, 0.5) is 0 Å². The zero-order valence-corrected chi connectivity index (χ0v) is 10.9. The number of aliphatic hydroxyl groups is 1. The van der Waals surface area contributed by atoms with E-state index >= 15 is 0 Å². The molecule has 0 saturated heterocycles. The molecule has 1 amide bonds. The molecule has 6 nitrogen and oxygen atoms in total. The number of hydrogen-bond acceptors (Lipinski definition) is 5. The standard InChI is InChI=1S/C14H16N2O4/c15-13(18)8-1-2-9-6-16-7-11(20-10(9)5-8)12(17)14(19)3-4-14/h1-2,5,11,16,19H,3-4,6-7H2,(H2,15,18). The van der Waals surface area contributed by atoms with Crippen LogP contribution in [-0.2, 0) is 11.3 Å². The molecule has 1 atom stereocenters. The Labute approximate surface area is 115 Å². The van der Waals surface area contributed by atoms with E-state index in [1.54, 1.807) is 18.2 Å². The van der Waals surface area contributed by atoms with E-state index in [0.29, 0.717) is 37.2 Å². The Balaban J connectivity index is 1.87. The molecule has 1 aliphatic carbocycles. The molecular formula is C14H16N2O4. The van der Waals surface area contributed by atoms with Gasteiger partial charge in [0.2, 0.25) is 11.7 Å². The lowest BCUT2D eigenvalue weighted by atomic mass is 10.1. The van der Waals surface area contributed by atoms with Gasteiger partial charge >= 0.3 is 0 Å². The lowest BCUT2D eigenvalue weighted by Crippen LogP contribution is -2.42.